The molecule has 0 amide bonds. The molecule has 0 atom stereocenters. The second-order valence-electron chi connectivity index (χ2n) is 6.35. The van der Waals surface area contributed by atoms with Gasteiger partial charge in [0, 0.05) is 6.04 Å². The van der Waals surface area contributed by atoms with Crippen molar-refractivity contribution in [2.45, 2.75) is 38.3 Å². The van der Waals surface area contributed by atoms with Gasteiger partial charge in [0.15, 0.2) is 0 Å². The van der Waals surface area contributed by atoms with Crippen LogP contribution in [-0.2, 0) is 6.54 Å². The van der Waals surface area contributed by atoms with Gasteiger partial charge in [-0.1, -0.05) is 12.1 Å². The number of imidazole rings is 1. The maximum absolute atomic E-state index is 4.95. The zero-order valence-corrected chi connectivity index (χ0v) is 12.6. The lowest BCUT2D eigenvalue weighted by Gasteiger charge is -2.27. The highest BCUT2D eigenvalue weighted by Crippen LogP contribution is 2.28. The van der Waals surface area contributed by atoms with Crippen molar-refractivity contribution >= 4 is 11.0 Å². The Hall–Kier alpha value is -1.39. The molecule has 4 heteroatoms. The lowest BCUT2D eigenvalue weighted by atomic mass is 10.1. The highest BCUT2D eigenvalue weighted by atomic mass is 15.2. The molecule has 0 saturated carbocycles. The summed E-state index contributed by atoms with van der Waals surface area (Å²) in [7, 11) is 0. The quantitative estimate of drug-likeness (QED) is 0.940. The van der Waals surface area contributed by atoms with Crippen molar-refractivity contribution in [1.82, 2.24) is 19.8 Å². The molecule has 2 aromatic rings. The van der Waals surface area contributed by atoms with E-state index >= 15 is 0 Å². The number of nitrogens with zero attached hydrogens (tertiary/aromatic N) is 3. The number of piperidine rings is 1. The Kier molecular flexibility index (Phi) is 3.65. The van der Waals surface area contributed by atoms with E-state index in [2.05, 4.69) is 39.0 Å². The molecule has 1 aromatic heterocycles. The molecule has 1 aromatic carbocycles. The van der Waals surface area contributed by atoms with Crippen LogP contribution in [0.2, 0.25) is 0 Å². The predicted octanol–water partition coefficient (Wildman–Crippen LogP) is 2.56. The van der Waals surface area contributed by atoms with Gasteiger partial charge >= 0.3 is 0 Å². The van der Waals surface area contributed by atoms with Crippen LogP contribution in [0.15, 0.2) is 24.3 Å². The van der Waals surface area contributed by atoms with E-state index in [4.69, 9.17) is 4.98 Å². The van der Waals surface area contributed by atoms with Gasteiger partial charge in [-0.3, -0.25) is 4.90 Å². The third-order valence-electron chi connectivity index (χ3n) is 4.91. The summed E-state index contributed by atoms with van der Waals surface area (Å²) in [5, 5.41) is 3.47. The number of rotatable bonds is 3. The molecule has 2 aliphatic heterocycles. The zero-order chi connectivity index (χ0) is 14.1. The first kappa shape index (κ1) is 13.3. The monoisotopic (exact) mass is 284 g/mol. The molecule has 0 unspecified atom stereocenters. The first-order valence-electron chi connectivity index (χ1n) is 8.31. The molecule has 4 nitrogen and oxygen atoms in total. The summed E-state index contributed by atoms with van der Waals surface area (Å²) in [6.45, 7) is 5.73. The van der Waals surface area contributed by atoms with Crippen molar-refractivity contribution in [1.29, 1.82) is 0 Å². The van der Waals surface area contributed by atoms with Crippen LogP contribution in [0.5, 0.6) is 0 Å². The standard InChI is InChI=1S/C17H24N4/c1-2-6-16-15(5-1)19-17(13-20-11-3-4-12-20)21(16)14-7-9-18-10-8-14/h1-2,5-6,14,18H,3-4,7-13H2. The van der Waals surface area contributed by atoms with Crippen molar-refractivity contribution in [3.05, 3.63) is 30.1 Å². The molecule has 4 rings (SSSR count). The molecule has 0 radical (unpaired) electrons. The summed E-state index contributed by atoms with van der Waals surface area (Å²) in [5.41, 5.74) is 2.48. The number of aromatic nitrogens is 2. The van der Waals surface area contributed by atoms with Gasteiger partial charge in [-0.05, 0) is 64.0 Å². The van der Waals surface area contributed by atoms with E-state index in [1.807, 2.05) is 0 Å². The Morgan fingerprint density at radius 1 is 1.10 bits per heavy atom. The minimum absolute atomic E-state index is 0.608. The molecule has 0 bridgehead atoms. The highest BCUT2D eigenvalue weighted by Gasteiger charge is 2.23. The van der Waals surface area contributed by atoms with Crippen LogP contribution < -0.4 is 5.32 Å². The second-order valence-corrected chi connectivity index (χ2v) is 6.35. The Balaban J connectivity index is 1.72. The molecule has 0 aliphatic carbocycles. The average molecular weight is 284 g/mol. The molecular formula is C17H24N4. The van der Waals surface area contributed by atoms with E-state index in [-0.39, 0.29) is 0 Å². The molecule has 3 heterocycles. The van der Waals surface area contributed by atoms with E-state index in [9.17, 15) is 0 Å². The number of fused-ring (bicyclic) bond motifs is 1. The Morgan fingerprint density at radius 3 is 2.67 bits per heavy atom. The van der Waals surface area contributed by atoms with Crippen LogP contribution in [0.4, 0.5) is 0 Å². The van der Waals surface area contributed by atoms with Gasteiger partial charge in [0.1, 0.15) is 5.82 Å². The van der Waals surface area contributed by atoms with Gasteiger partial charge in [-0.2, -0.15) is 0 Å². The van der Waals surface area contributed by atoms with Gasteiger partial charge in [-0.15, -0.1) is 0 Å². The minimum atomic E-state index is 0.608. The SMILES string of the molecule is c1ccc2c(c1)nc(CN1CCCC1)n2C1CCNCC1. The van der Waals surface area contributed by atoms with E-state index in [1.165, 1.54) is 50.1 Å². The maximum Gasteiger partial charge on any atom is 0.124 e. The predicted molar refractivity (Wildman–Crippen MR) is 85.4 cm³/mol. The zero-order valence-electron chi connectivity index (χ0n) is 12.6. The topological polar surface area (TPSA) is 33.1 Å². The summed E-state index contributed by atoms with van der Waals surface area (Å²) < 4.78 is 2.54. The summed E-state index contributed by atoms with van der Waals surface area (Å²) in [5.74, 6) is 1.27. The van der Waals surface area contributed by atoms with Crippen molar-refractivity contribution in [2.24, 2.45) is 0 Å². The number of para-hydroxylation sites is 2. The van der Waals surface area contributed by atoms with Gasteiger partial charge in [0.25, 0.3) is 0 Å². The third kappa shape index (κ3) is 2.58. The summed E-state index contributed by atoms with van der Waals surface area (Å²) in [6, 6.07) is 9.23. The maximum atomic E-state index is 4.95. The Labute approximate surface area is 126 Å². The Bertz CT molecular complexity index is 606. The van der Waals surface area contributed by atoms with E-state index in [1.54, 1.807) is 0 Å². The smallest absolute Gasteiger partial charge is 0.124 e. The van der Waals surface area contributed by atoms with Crippen LogP contribution in [-0.4, -0.2) is 40.6 Å². The van der Waals surface area contributed by atoms with Crippen molar-refractivity contribution in [3.63, 3.8) is 0 Å². The number of likely N-dealkylation sites (tertiary alicyclic amines) is 1. The first-order valence-corrected chi connectivity index (χ1v) is 8.31. The van der Waals surface area contributed by atoms with E-state index in [0.717, 1.165) is 25.2 Å². The fourth-order valence-electron chi connectivity index (χ4n) is 3.82. The van der Waals surface area contributed by atoms with Gasteiger partial charge in [-0.25, -0.2) is 4.98 Å². The van der Waals surface area contributed by atoms with Crippen LogP contribution in [0, 0.1) is 0 Å². The number of nitrogens with one attached hydrogen (secondary N) is 1. The van der Waals surface area contributed by atoms with Crippen LogP contribution >= 0.6 is 0 Å². The van der Waals surface area contributed by atoms with Crippen molar-refractivity contribution in [3.8, 4) is 0 Å². The normalized spacial score (nSPS) is 21.3. The molecule has 0 spiro atoms. The Morgan fingerprint density at radius 2 is 1.86 bits per heavy atom. The largest absolute Gasteiger partial charge is 0.324 e. The first-order chi connectivity index (χ1) is 10.4. The summed E-state index contributed by atoms with van der Waals surface area (Å²) in [6.07, 6.45) is 5.11. The third-order valence-corrected chi connectivity index (χ3v) is 4.91. The second kappa shape index (κ2) is 5.78. The molecule has 2 aliphatic rings. The van der Waals surface area contributed by atoms with Crippen molar-refractivity contribution < 1.29 is 0 Å². The fraction of sp³-hybridized carbons (Fsp3) is 0.588. The number of hydrogen-bond acceptors (Lipinski definition) is 3. The average Bonchev–Trinajstić information content (AvgIpc) is 3.15. The van der Waals surface area contributed by atoms with Crippen LogP contribution in [0.1, 0.15) is 37.5 Å². The lowest BCUT2D eigenvalue weighted by Crippen LogP contribution is -2.31. The molecule has 112 valence electrons. The van der Waals surface area contributed by atoms with Gasteiger partial charge < -0.3 is 9.88 Å². The summed E-state index contributed by atoms with van der Waals surface area (Å²) >= 11 is 0. The van der Waals surface area contributed by atoms with Gasteiger partial charge in [0.05, 0.1) is 17.6 Å². The number of benzene rings is 1. The molecule has 2 fully saturated rings. The fourth-order valence-corrected chi connectivity index (χ4v) is 3.82. The van der Waals surface area contributed by atoms with Crippen LogP contribution in [0.25, 0.3) is 11.0 Å². The highest BCUT2D eigenvalue weighted by molar-refractivity contribution is 5.76. The summed E-state index contributed by atoms with van der Waals surface area (Å²) in [4.78, 5) is 7.51. The number of hydrogen-bond donors (Lipinski definition) is 1. The lowest BCUT2D eigenvalue weighted by molar-refractivity contribution is 0.300. The van der Waals surface area contributed by atoms with Crippen LogP contribution in [0.3, 0.4) is 0 Å². The van der Waals surface area contributed by atoms with Crippen molar-refractivity contribution in [2.75, 3.05) is 26.2 Å². The molecule has 1 N–H and O–H groups in total. The molecular weight excluding hydrogens is 260 g/mol. The molecule has 21 heavy (non-hydrogen) atoms. The molecule has 2 saturated heterocycles. The van der Waals surface area contributed by atoms with E-state index in [0.29, 0.717) is 6.04 Å². The van der Waals surface area contributed by atoms with Gasteiger partial charge in [0.2, 0.25) is 0 Å². The minimum Gasteiger partial charge on any atom is -0.324 e. The van der Waals surface area contributed by atoms with E-state index < -0.39 is 0 Å².